The molecular formula is C19H23N5O2S. The van der Waals surface area contributed by atoms with Crippen molar-refractivity contribution in [1.29, 1.82) is 0 Å². The number of hydrogen-bond donors (Lipinski definition) is 1. The molecule has 0 unspecified atom stereocenters. The zero-order valence-electron chi connectivity index (χ0n) is 15.7. The summed E-state index contributed by atoms with van der Waals surface area (Å²) in [6, 6.07) is 7.95. The number of fused-ring (bicyclic) bond motifs is 1. The molecule has 1 N–H and O–H groups in total. The van der Waals surface area contributed by atoms with Crippen molar-refractivity contribution in [1.82, 2.24) is 19.9 Å². The first-order valence-electron chi connectivity index (χ1n) is 8.95. The van der Waals surface area contributed by atoms with Crippen LogP contribution in [0.1, 0.15) is 25.0 Å². The van der Waals surface area contributed by atoms with Gasteiger partial charge in [0.1, 0.15) is 17.6 Å². The molecule has 27 heavy (non-hydrogen) atoms. The maximum atomic E-state index is 12.7. The van der Waals surface area contributed by atoms with Crippen LogP contribution in [0, 0.1) is 6.92 Å². The third-order valence-corrected chi connectivity index (χ3v) is 5.42. The van der Waals surface area contributed by atoms with Crippen LogP contribution in [-0.4, -0.2) is 33.5 Å². The first-order chi connectivity index (χ1) is 13.0. The van der Waals surface area contributed by atoms with Gasteiger partial charge in [-0.1, -0.05) is 41.2 Å². The SMILES string of the molecule is CCN(CC)c1nc2ncn(CC(=O)NCc3ccc(C)cc3)c(=O)c2s1. The van der Waals surface area contributed by atoms with Gasteiger partial charge in [-0.15, -0.1) is 0 Å². The lowest BCUT2D eigenvalue weighted by atomic mass is 10.1. The van der Waals surface area contributed by atoms with E-state index in [0.29, 0.717) is 16.9 Å². The summed E-state index contributed by atoms with van der Waals surface area (Å²) in [6.45, 7) is 8.09. The Labute approximate surface area is 161 Å². The van der Waals surface area contributed by atoms with Gasteiger partial charge in [0.05, 0.1) is 0 Å². The van der Waals surface area contributed by atoms with Gasteiger partial charge in [-0.3, -0.25) is 14.2 Å². The molecule has 142 valence electrons. The highest BCUT2D eigenvalue weighted by Crippen LogP contribution is 2.24. The number of aromatic nitrogens is 3. The Morgan fingerprint density at radius 1 is 1.22 bits per heavy atom. The van der Waals surface area contributed by atoms with Crippen LogP contribution in [0.15, 0.2) is 35.4 Å². The second kappa shape index (κ2) is 8.30. The van der Waals surface area contributed by atoms with Gasteiger partial charge < -0.3 is 10.2 Å². The van der Waals surface area contributed by atoms with E-state index in [1.807, 2.05) is 45.0 Å². The Morgan fingerprint density at radius 3 is 2.59 bits per heavy atom. The molecule has 7 nitrogen and oxygen atoms in total. The summed E-state index contributed by atoms with van der Waals surface area (Å²) in [6.07, 6.45) is 1.39. The number of benzene rings is 1. The predicted molar refractivity (Wildman–Crippen MR) is 108 cm³/mol. The first-order valence-corrected chi connectivity index (χ1v) is 9.76. The van der Waals surface area contributed by atoms with Crippen molar-refractivity contribution in [2.45, 2.75) is 33.9 Å². The molecular weight excluding hydrogens is 362 g/mol. The number of anilines is 1. The molecule has 0 radical (unpaired) electrons. The average Bonchev–Trinajstić information content (AvgIpc) is 3.09. The van der Waals surface area contributed by atoms with Gasteiger partial charge in [0.2, 0.25) is 5.91 Å². The maximum absolute atomic E-state index is 12.7. The van der Waals surface area contributed by atoms with Crippen LogP contribution in [0.25, 0.3) is 10.3 Å². The van der Waals surface area contributed by atoms with Crippen LogP contribution >= 0.6 is 11.3 Å². The standard InChI is InChI=1S/C19H23N5O2S/c1-4-23(5-2)19-22-17-16(27-19)18(26)24(12-21-17)11-15(25)20-10-14-8-6-13(3)7-9-14/h6-9,12H,4-5,10-11H2,1-3H3,(H,20,25). The highest BCUT2D eigenvalue weighted by atomic mass is 32.1. The van der Waals surface area contributed by atoms with Crippen molar-refractivity contribution in [3.63, 3.8) is 0 Å². The number of thiazole rings is 1. The smallest absolute Gasteiger partial charge is 0.273 e. The number of hydrogen-bond acceptors (Lipinski definition) is 6. The van der Waals surface area contributed by atoms with Gasteiger partial charge >= 0.3 is 0 Å². The van der Waals surface area contributed by atoms with Crippen molar-refractivity contribution in [3.8, 4) is 0 Å². The van der Waals surface area contributed by atoms with Gasteiger partial charge in [0.15, 0.2) is 10.8 Å². The Morgan fingerprint density at radius 2 is 1.93 bits per heavy atom. The van der Waals surface area contributed by atoms with E-state index in [9.17, 15) is 9.59 Å². The quantitative estimate of drug-likeness (QED) is 0.675. The zero-order chi connectivity index (χ0) is 19.4. The lowest BCUT2D eigenvalue weighted by Gasteiger charge is -2.15. The molecule has 0 bridgehead atoms. The fourth-order valence-corrected chi connectivity index (χ4v) is 3.79. The van der Waals surface area contributed by atoms with Crippen molar-refractivity contribution >= 4 is 32.7 Å². The van der Waals surface area contributed by atoms with Crippen LogP contribution in [0.5, 0.6) is 0 Å². The molecule has 0 fully saturated rings. The Balaban J connectivity index is 1.72. The molecule has 1 aromatic carbocycles. The Bertz CT molecular complexity index is 989. The highest BCUT2D eigenvalue weighted by Gasteiger charge is 2.15. The van der Waals surface area contributed by atoms with E-state index >= 15 is 0 Å². The Hall–Kier alpha value is -2.74. The minimum absolute atomic E-state index is 0.0634. The molecule has 0 saturated heterocycles. The molecule has 0 spiro atoms. The predicted octanol–water partition coefficient (Wildman–Crippen LogP) is 2.32. The fourth-order valence-electron chi connectivity index (χ4n) is 2.69. The van der Waals surface area contributed by atoms with Crippen molar-refractivity contribution < 1.29 is 4.79 Å². The number of nitrogens with one attached hydrogen (secondary N) is 1. The summed E-state index contributed by atoms with van der Waals surface area (Å²) >= 11 is 1.32. The van der Waals surface area contributed by atoms with E-state index in [1.165, 1.54) is 27.8 Å². The summed E-state index contributed by atoms with van der Waals surface area (Å²) in [5, 5.41) is 3.62. The molecule has 2 heterocycles. The number of carbonyl (C=O) groups is 1. The van der Waals surface area contributed by atoms with E-state index in [0.717, 1.165) is 23.8 Å². The summed E-state index contributed by atoms with van der Waals surface area (Å²) in [5.41, 5.74) is 2.38. The molecule has 3 rings (SSSR count). The minimum Gasteiger partial charge on any atom is -0.350 e. The van der Waals surface area contributed by atoms with Gasteiger partial charge in [0, 0.05) is 19.6 Å². The second-order valence-electron chi connectivity index (χ2n) is 6.26. The first kappa shape index (κ1) is 19.0. The second-order valence-corrected chi connectivity index (χ2v) is 7.24. The molecule has 0 aliphatic carbocycles. The molecule has 0 atom stereocenters. The lowest BCUT2D eigenvalue weighted by molar-refractivity contribution is -0.121. The van der Waals surface area contributed by atoms with E-state index in [4.69, 9.17) is 0 Å². The summed E-state index contributed by atoms with van der Waals surface area (Å²) in [4.78, 5) is 35.7. The van der Waals surface area contributed by atoms with Crippen molar-refractivity contribution in [2.24, 2.45) is 0 Å². The summed E-state index contributed by atoms with van der Waals surface area (Å²) in [7, 11) is 0. The van der Waals surface area contributed by atoms with E-state index < -0.39 is 0 Å². The van der Waals surface area contributed by atoms with Gasteiger partial charge in [-0.25, -0.2) is 4.98 Å². The molecule has 0 aliphatic heterocycles. The largest absolute Gasteiger partial charge is 0.350 e. The zero-order valence-corrected chi connectivity index (χ0v) is 16.5. The fraction of sp³-hybridized carbons (Fsp3) is 0.368. The molecule has 0 saturated carbocycles. The molecule has 8 heteroatoms. The number of rotatable bonds is 7. The van der Waals surface area contributed by atoms with Crippen molar-refractivity contribution in [3.05, 3.63) is 52.1 Å². The van der Waals surface area contributed by atoms with Crippen molar-refractivity contribution in [2.75, 3.05) is 18.0 Å². The highest BCUT2D eigenvalue weighted by molar-refractivity contribution is 7.22. The summed E-state index contributed by atoms with van der Waals surface area (Å²) < 4.78 is 1.81. The van der Waals surface area contributed by atoms with Crippen LogP contribution in [0.2, 0.25) is 0 Å². The molecule has 3 aromatic rings. The minimum atomic E-state index is -0.235. The van der Waals surface area contributed by atoms with Gasteiger partial charge in [-0.05, 0) is 26.3 Å². The third-order valence-electron chi connectivity index (χ3n) is 4.33. The third kappa shape index (κ3) is 4.33. The molecule has 1 amide bonds. The molecule has 2 aromatic heterocycles. The topological polar surface area (TPSA) is 80.1 Å². The number of aryl methyl sites for hydroxylation is 1. The number of nitrogens with zero attached hydrogens (tertiary/aromatic N) is 4. The van der Waals surface area contributed by atoms with Crippen LogP contribution in [0.3, 0.4) is 0 Å². The van der Waals surface area contributed by atoms with Crippen LogP contribution in [-0.2, 0) is 17.9 Å². The number of amides is 1. The normalized spacial score (nSPS) is 10.9. The monoisotopic (exact) mass is 385 g/mol. The van der Waals surface area contributed by atoms with Gasteiger partial charge in [-0.2, -0.15) is 4.98 Å². The van der Waals surface area contributed by atoms with Gasteiger partial charge in [0.25, 0.3) is 5.56 Å². The Kier molecular flexibility index (Phi) is 5.85. The van der Waals surface area contributed by atoms with Crippen LogP contribution < -0.4 is 15.8 Å². The van der Waals surface area contributed by atoms with Crippen LogP contribution in [0.4, 0.5) is 5.13 Å². The maximum Gasteiger partial charge on any atom is 0.273 e. The van der Waals surface area contributed by atoms with E-state index in [-0.39, 0.29) is 18.0 Å². The number of carbonyl (C=O) groups excluding carboxylic acids is 1. The van der Waals surface area contributed by atoms with E-state index in [2.05, 4.69) is 20.2 Å². The molecule has 0 aliphatic rings. The average molecular weight is 385 g/mol. The summed E-state index contributed by atoms with van der Waals surface area (Å²) in [5.74, 6) is -0.229. The van der Waals surface area contributed by atoms with E-state index in [1.54, 1.807) is 0 Å². The lowest BCUT2D eigenvalue weighted by Crippen LogP contribution is -2.31.